The second kappa shape index (κ2) is 4.78. The van der Waals surface area contributed by atoms with Crippen LogP contribution in [0.3, 0.4) is 0 Å². The van der Waals surface area contributed by atoms with Crippen LogP contribution in [0, 0.1) is 18.3 Å². The second-order valence-corrected chi connectivity index (χ2v) is 3.95. The standard InChI is InChI=1S/C11H12N2O5/c1-2-6-9(16)7(5-14)18-10(6)13-4-3-8(15)12-11(13)17/h1,3-4,6-7,9-10,14,16H,5H2,(H,12,15,17)/t6-,7+,9-,10+/m0/s1. The minimum absolute atomic E-state index is 0.409. The van der Waals surface area contributed by atoms with Gasteiger partial charge in [-0.1, -0.05) is 5.92 Å². The molecule has 1 aromatic rings. The van der Waals surface area contributed by atoms with Crippen LogP contribution in [-0.4, -0.2) is 38.6 Å². The van der Waals surface area contributed by atoms with Gasteiger partial charge in [0.15, 0.2) is 6.23 Å². The molecular weight excluding hydrogens is 240 g/mol. The average molecular weight is 252 g/mol. The van der Waals surface area contributed by atoms with Crippen LogP contribution in [0.4, 0.5) is 0 Å². The van der Waals surface area contributed by atoms with Crippen LogP contribution in [0.25, 0.3) is 0 Å². The predicted octanol–water partition coefficient (Wildman–Crippen LogP) is -1.96. The van der Waals surface area contributed by atoms with Gasteiger partial charge in [-0.05, 0) is 0 Å². The minimum Gasteiger partial charge on any atom is -0.394 e. The van der Waals surface area contributed by atoms with Crippen molar-refractivity contribution in [3.05, 3.63) is 33.1 Å². The number of aromatic nitrogens is 2. The molecule has 0 aromatic carbocycles. The molecular formula is C11H12N2O5. The Balaban J connectivity index is 2.42. The van der Waals surface area contributed by atoms with Crippen LogP contribution in [0.5, 0.6) is 0 Å². The molecule has 1 aromatic heterocycles. The van der Waals surface area contributed by atoms with Gasteiger partial charge in [-0.15, -0.1) is 6.42 Å². The van der Waals surface area contributed by atoms with Crippen LogP contribution in [0.15, 0.2) is 21.9 Å². The molecule has 0 unspecified atom stereocenters. The minimum atomic E-state index is -1.07. The lowest BCUT2D eigenvalue weighted by molar-refractivity contribution is -0.0469. The molecule has 1 aliphatic rings. The van der Waals surface area contributed by atoms with Crippen LogP contribution in [-0.2, 0) is 4.74 Å². The van der Waals surface area contributed by atoms with Crippen molar-refractivity contribution in [2.75, 3.05) is 6.61 Å². The first-order valence-corrected chi connectivity index (χ1v) is 5.30. The molecule has 7 heteroatoms. The average Bonchev–Trinajstić information content (AvgIpc) is 2.65. The van der Waals surface area contributed by atoms with E-state index in [0.29, 0.717) is 0 Å². The molecule has 1 fully saturated rings. The fourth-order valence-electron chi connectivity index (χ4n) is 1.94. The topological polar surface area (TPSA) is 105 Å². The van der Waals surface area contributed by atoms with Crippen LogP contribution in [0.2, 0.25) is 0 Å². The Morgan fingerprint density at radius 1 is 1.56 bits per heavy atom. The van der Waals surface area contributed by atoms with E-state index in [2.05, 4.69) is 10.9 Å². The molecule has 0 aliphatic carbocycles. The van der Waals surface area contributed by atoms with E-state index in [1.54, 1.807) is 0 Å². The number of nitrogens with one attached hydrogen (secondary N) is 1. The maximum Gasteiger partial charge on any atom is 0.330 e. The van der Waals surface area contributed by atoms with Gasteiger partial charge in [-0.25, -0.2) is 4.79 Å². The van der Waals surface area contributed by atoms with Crippen molar-refractivity contribution in [2.24, 2.45) is 5.92 Å². The first-order valence-electron chi connectivity index (χ1n) is 5.30. The zero-order valence-electron chi connectivity index (χ0n) is 9.31. The number of terminal acetylenes is 1. The molecule has 0 saturated carbocycles. The van der Waals surface area contributed by atoms with Crippen molar-refractivity contribution in [1.82, 2.24) is 9.55 Å². The third-order valence-electron chi connectivity index (χ3n) is 2.87. The van der Waals surface area contributed by atoms with E-state index in [9.17, 15) is 14.7 Å². The Morgan fingerprint density at radius 3 is 2.83 bits per heavy atom. The zero-order chi connectivity index (χ0) is 13.3. The summed E-state index contributed by atoms with van der Waals surface area (Å²) >= 11 is 0. The molecule has 96 valence electrons. The molecule has 2 rings (SSSR count). The van der Waals surface area contributed by atoms with Gasteiger partial charge in [0.2, 0.25) is 0 Å². The molecule has 2 heterocycles. The van der Waals surface area contributed by atoms with Gasteiger partial charge in [0.25, 0.3) is 5.56 Å². The van der Waals surface area contributed by atoms with E-state index in [1.807, 2.05) is 0 Å². The van der Waals surface area contributed by atoms with Crippen LogP contribution < -0.4 is 11.2 Å². The van der Waals surface area contributed by atoms with Crippen molar-refractivity contribution >= 4 is 0 Å². The molecule has 18 heavy (non-hydrogen) atoms. The molecule has 7 nitrogen and oxygen atoms in total. The highest BCUT2D eigenvalue weighted by molar-refractivity contribution is 5.06. The zero-order valence-corrected chi connectivity index (χ0v) is 9.31. The fraction of sp³-hybridized carbons (Fsp3) is 0.455. The van der Waals surface area contributed by atoms with Crippen molar-refractivity contribution < 1.29 is 14.9 Å². The summed E-state index contributed by atoms with van der Waals surface area (Å²) < 4.78 is 6.42. The van der Waals surface area contributed by atoms with Gasteiger partial charge in [-0.3, -0.25) is 14.3 Å². The van der Waals surface area contributed by atoms with Crippen LogP contribution in [0.1, 0.15) is 6.23 Å². The smallest absolute Gasteiger partial charge is 0.330 e. The summed E-state index contributed by atoms with van der Waals surface area (Å²) in [5, 5.41) is 18.8. The Labute approximate surface area is 102 Å². The number of ether oxygens (including phenoxy) is 1. The summed E-state index contributed by atoms with van der Waals surface area (Å²) in [6, 6.07) is 1.15. The third-order valence-corrected chi connectivity index (χ3v) is 2.87. The van der Waals surface area contributed by atoms with Crippen molar-refractivity contribution in [2.45, 2.75) is 18.4 Å². The van der Waals surface area contributed by atoms with E-state index in [0.717, 1.165) is 10.6 Å². The lowest BCUT2D eigenvalue weighted by atomic mass is 10.0. The largest absolute Gasteiger partial charge is 0.394 e. The van der Waals surface area contributed by atoms with E-state index >= 15 is 0 Å². The number of hydrogen-bond donors (Lipinski definition) is 3. The Hall–Kier alpha value is -1.88. The predicted molar refractivity (Wildman–Crippen MR) is 60.6 cm³/mol. The number of aliphatic hydroxyl groups is 2. The SMILES string of the molecule is C#C[C@H]1[C@H](O)[C@@H](CO)O[C@H]1n1ccc(=O)[nH]c1=O. The first-order chi connectivity index (χ1) is 8.58. The van der Waals surface area contributed by atoms with Crippen LogP contribution >= 0.6 is 0 Å². The fourth-order valence-corrected chi connectivity index (χ4v) is 1.94. The highest BCUT2D eigenvalue weighted by atomic mass is 16.5. The highest BCUT2D eigenvalue weighted by Crippen LogP contribution is 2.33. The maximum absolute atomic E-state index is 11.6. The monoisotopic (exact) mass is 252 g/mol. The third kappa shape index (κ3) is 1.97. The number of H-pyrrole nitrogens is 1. The van der Waals surface area contributed by atoms with Gasteiger partial charge in [0, 0.05) is 12.3 Å². The first kappa shape index (κ1) is 12.6. The summed E-state index contributed by atoms with van der Waals surface area (Å²) in [7, 11) is 0. The lowest BCUT2D eigenvalue weighted by Crippen LogP contribution is -2.34. The lowest BCUT2D eigenvalue weighted by Gasteiger charge is -2.16. The summed E-state index contributed by atoms with van der Waals surface area (Å²) in [5.74, 6) is 1.56. The number of rotatable bonds is 2. The highest BCUT2D eigenvalue weighted by Gasteiger charge is 2.43. The Kier molecular flexibility index (Phi) is 3.34. The summed E-state index contributed by atoms with van der Waals surface area (Å²) in [4.78, 5) is 24.6. The molecule has 4 atom stereocenters. The van der Waals surface area contributed by atoms with E-state index in [1.165, 1.54) is 6.20 Å². The van der Waals surface area contributed by atoms with Crippen molar-refractivity contribution in [3.63, 3.8) is 0 Å². The van der Waals surface area contributed by atoms with E-state index in [-0.39, 0.29) is 0 Å². The van der Waals surface area contributed by atoms with Gasteiger partial charge in [-0.2, -0.15) is 0 Å². The second-order valence-electron chi connectivity index (χ2n) is 3.95. The molecule has 1 aliphatic heterocycles. The number of hydrogen-bond acceptors (Lipinski definition) is 5. The summed E-state index contributed by atoms with van der Waals surface area (Å²) in [6.45, 7) is -0.409. The molecule has 0 bridgehead atoms. The van der Waals surface area contributed by atoms with Gasteiger partial charge in [0.1, 0.15) is 12.2 Å². The Bertz CT molecular complexity index is 584. The van der Waals surface area contributed by atoms with E-state index < -0.39 is 42.2 Å². The van der Waals surface area contributed by atoms with Crippen molar-refractivity contribution in [3.8, 4) is 12.3 Å². The molecule has 0 spiro atoms. The van der Waals surface area contributed by atoms with Gasteiger partial charge in [0.05, 0.1) is 12.5 Å². The number of nitrogens with zero attached hydrogens (tertiary/aromatic N) is 1. The molecule has 0 amide bonds. The van der Waals surface area contributed by atoms with Gasteiger partial charge >= 0.3 is 5.69 Å². The van der Waals surface area contributed by atoms with Gasteiger partial charge < -0.3 is 14.9 Å². The Morgan fingerprint density at radius 2 is 2.28 bits per heavy atom. The summed E-state index contributed by atoms with van der Waals surface area (Å²) in [5.41, 5.74) is -1.22. The summed E-state index contributed by atoms with van der Waals surface area (Å²) in [6.07, 6.45) is 3.70. The molecule has 0 radical (unpaired) electrons. The molecule has 3 N–H and O–H groups in total. The molecule has 1 saturated heterocycles. The quantitative estimate of drug-likeness (QED) is 0.530. The van der Waals surface area contributed by atoms with Crippen molar-refractivity contribution in [1.29, 1.82) is 0 Å². The van der Waals surface area contributed by atoms with E-state index in [4.69, 9.17) is 16.3 Å². The number of aliphatic hydroxyl groups excluding tert-OH is 2. The normalized spacial score (nSPS) is 31.2. The number of aromatic amines is 1. The maximum atomic E-state index is 11.6.